The van der Waals surface area contributed by atoms with Gasteiger partial charge in [-0.25, -0.2) is 0 Å². The van der Waals surface area contributed by atoms with Crippen LogP contribution >= 0.6 is 39.9 Å². The fourth-order valence-electron chi connectivity index (χ4n) is 2.76. The lowest BCUT2D eigenvalue weighted by Crippen LogP contribution is -2.29. The minimum Gasteiger partial charge on any atom is -0.493 e. The van der Waals surface area contributed by atoms with E-state index in [9.17, 15) is 9.59 Å². The molecule has 158 valence electrons. The first-order valence-electron chi connectivity index (χ1n) is 9.79. The van der Waals surface area contributed by atoms with Gasteiger partial charge in [-0.1, -0.05) is 53.3 Å². The summed E-state index contributed by atoms with van der Waals surface area (Å²) in [5.41, 5.74) is 0.850. The number of esters is 1. The third-order valence-electron chi connectivity index (χ3n) is 4.16. The van der Waals surface area contributed by atoms with Crippen LogP contribution in [0.1, 0.15) is 51.5 Å². The molecule has 0 bridgehead atoms. The first kappa shape index (κ1) is 23.9. The van der Waals surface area contributed by atoms with Gasteiger partial charge in [-0.15, -0.1) is 0 Å². The standard InChI is InChI=1S/C21H26BrNO4S2/c1-3-12-27-17-10-9-16(22)13-15(17)14-18-20(25)23(21(28)29-18)11-7-5-6-8-19(24)26-4-2/h9-10,13-14H,3-8,11-12H2,1-2H3/b18-14+. The summed E-state index contributed by atoms with van der Waals surface area (Å²) in [5, 5.41) is 0. The van der Waals surface area contributed by atoms with Crippen LogP contribution in [-0.2, 0) is 14.3 Å². The zero-order chi connectivity index (χ0) is 21.2. The Morgan fingerprint density at radius 2 is 2.07 bits per heavy atom. The summed E-state index contributed by atoms with van der Waals surface area (Å²) in [6.07, 6.45) is 5.55. The molecule has 1 aliphatic rings. The van der Waals surface area contributed by atoms with Gasteiger partial charge in [-0.05, 0) is 50.5 Å². The summed E-state index contributed by atoms with van der Waals surface area (Å²) in [4.78, 5) is 26.4. The second-order valence-corrected chi connectivity index (χ2v) is 9.07. The number of ether oxygens (including phenoxy) is 2. The van der Waals surface area contributed by atoms with Crippen molar-refractivity contribution in [2.45, 2.75) is 46.0 Å². The van der Waals surface area contributed by atoms with E-state index in [1.807, 2.05) is 24.3 Å². The second-order valence-electron chi connectivity index (χ2n) is 6.48. The Labute approximate surface area is 190 Å². The molecule has 0 aliphatic carbocycles. The maximum Gasteiger partial charge on any atom is 0.305 e. The fraction of sp³-hybridized carbons (Fsp3) is 0.476. The molecule has 1 amide bonds. The summed E-state index contributed by atoms with van der Waals surface area (Å²) in [5.74, 6) is 0.502. The molecule has 0 atom stereocenters. The summed E-state index contributed by atoms with van der Waals surface area (Å²) in [6.45, 7) is 5.44. The Kier molecular flexibility index (Phi) is 10.2. The third-order valence-corrected chi connectivity index (χ3v) is 6.03. The van der Waals surface area contributed by atoms with Gasteiger partial charge in [-0.2, -0.15) is 0 Å². The number of carbonyl (C=O) groups excluding carboxylic acids is 2. The largest absolute Gasteiger partial charge is 0.493 e. The van der Waals surface area contributed by atoms with Crippen molar-refractivity contribution < 1.29 is 19.1 Å². The molecule has 0 saturated carbocycles. The average Bonchev–Trinajstić information content (AvgIpc) is 2.94. The molecule has 8 heteroatoms. The topological polar surface area (TPSA) is 55.8 Å². The highest BCUT2D eigenvalue weighted by Gasteiger charge is 2.31. The van der Waals surface area contributed by atoms with E-state index >= 15 is 0 Å². The molecule has 1 aromatic rings. The van der Waals surface area contributed by atoms with Crippen LogP contribution in [0, 0.1) is 0 Å². The number of amides is 1. The van der Waals surface area contributed by atoms with Gasteiger partial charge in [0.2, 0.25) is 0 Å². The lowest BCUT2D eigenvalue weighted by Gasteiger charge is -2.14. The average molecular weight is 500 g/mol. The lowest BCUT2D eigenvalue weighted by molar-refractivity contribution is -0.143. The predicted octanol–water partition coefficient (Wildman–Crippen LogP) is 5.56. The molecule has 0 spiro atoms. The van der Waals surface area contributed by atoms with Crippen molar-refractivity contribution in [3.63, 3.8) is 0 Å². The number of benzene rings is 1. The molecule has 1 fully saturated rings. The van der Waals surface area contributed by atoms with Gasteiger partial charge in [0, 0.05) is 23.0 Å². The number of halogens is 1. The van der Waals surface area contributed by atoms with Gasteiger partial charge >= 0.3 is 5.97 Å². The van der Waals surface area contributed by atoms with Crippen molar-refractivity contribution >= 4 is 62.2 Å². The summed E-state index contributed by atoms with van der Waals surface area (Å²) in [6, 6.07) is 5.76. The second kappa shape index (κ2) is 12.3. The minimum absolute atomic E-state index is 0.0770. The maximum atomic E-state index is 12.8. The molecular formula is C21H26BrNO4S2. The smallest absolute Gasteiger partial charge is 0.305 e. The van der Waals surface area contributed by atoms with E-state index in [-0.39, 0.29) is 11.9 Å². The Hall–Kier alpha value is -1.38. The number of thioether (sulfide) groups is 1. The first-order valence-corrected chi connectivity index (χ1v) is 11.8. The molecule has 0 unspecified atom stereocenters. The van der Waals surface area contributed by atoms with Gasteiger partial charge in [0.15, 0.2) is 0 Å². The van der Waals surface area contributed by atoms with Crippen LogP contribution in [-0.4, -0.2) is 40.9 Å². The molecule has 1 saturated heterocycles. The predicted molar refractivity (Wildman–Crippen MR) is 125 cm³/mol. The van der Waals surface area contributed by atoms with Crippen LogP contribution in [0.15, 0.2) is 27.6 Å². The van der Waals surface area contributed by atoms with E-state index in [0.29, 0.717) is 35.4 Å². The molecule has 2 rings (SSSR count). The molecule has 1 heterocycles. The van der Waals surface area contributed by atoms with Crippen LogP contribution in [0.3, 0.4) is 0 Å². The Morgan fingerprint density at radius 1 is 1.28 bits per heavy atom. The van der Waals surface area contributed by atoms with Crippen molar-refractivity contribution in [3.8, 4) is 5.75 Å². The Bertz CT molecular complexity index is 782. The minimum atomic E-state index is -0.170. The number of unbranched alkanes of at least 4 members (excludes halogenated alkanes) is 2. The summed E-state index contributed by atoms with van der Waals surface area (Å²) in [7, 11) is 0. The number of thiocarbonyl (C=S) groups is 1. The number of rotatable bonds is 11. The van der Waals surface area contributed by atoms with Crippen molar-refractivity contribution in [3.05, 3.63) is 33.1 Å². The highest BCUT2D eigenvalue weighted by molar-refractivity contribution is 9.10. The molecule has 1 aliphatic heterocycles. The number of hydrogen-bond donors (Lipinski definition) is 0. The maximum absolute atomic E-state index is 12.8. The number of nitrogens with zero attached hydrogens (tertiary/aromatic N) is 1. The van der Waals surface area contributed by atoms with E-state index in [2.05, 4.69) is 22.9 Å². The Morgan fingerprint density at radius 3 is 2.79 bits per heavy atom. The van der Waals surface area contributed by atoms with Gasteiger partial charge < -0.3 is 9.47 Å². The van der Waals surface area contributed by atoms with E-state index < -0.39 is 0 Å². The van der Waals surface area contributed by atoms with Gasteiger partial charge in [0.25, 0.3) is 5.91 Å². The summed E-state index contributed by atoms with van der Waals surface area (Å²) < 4.78 is 12.2. The highest BCUT2D eigenvalue weighted by atomic mass is 79.9. The van der Waals surface area contributed by atoms with Gasteiger partial charge in [0.05, 0.1) is 18.1 Å². The van der Waals surface area contributed by atoms with Crippen LogP contribution < -0.4 is 4.74 Å². The van der Waals surface area contributed by atoms with Crippen molar-refractivity contribution in [1.82, 2.24) is 4.90 Å². The van der Waals surface area contributed by atoms with Crippen LogP contribution in [0.2, 0.25) is 0 Å². The molecule has 0 radical (unpaired) electrons. The lowest BCUT2D eigenvalue weighted by atomic mass is 10.1. The van der Waals surface area contributed by atoms with Crippen molar-refractivity contribution in [2.24, 2.45) is 0 Å². The summed E-state index contributed by atoms with van der Waals surface area (Å²) >= 11 is 10.2. The normalized spacial score (nSPS) is 15.3. The van der Waals surface area contributed by atoms with Gasteiger partial charge in [0.1, 0.15) is 10.1 Å². The van der Waals surface area contributed by atoms with E-state index in [0.717, 1.165) is 41.5 Å². The third kappa shape index (κ3) is 7.42. The van der Waals surface area contributed by atoms with Crippen LogP contribution in [0.5, 0.6) is 5.75 Å². The Balaban J connectivity index is 1.96. The fourth-order valence-corrected chi connectivity index (χ4v) is 4.44. The van der Waals surface area contributed by atoms with Gasteiger partial charge in [-0.3, -0.25) is 14.5 Å². The zero-order valence-corrected chi connectivity index (χ0v) is 20.0. The van der Waals surface area contributed by atoms with E-state index in [4.69, 9.17) is 21.7 Å². The van der Waals surface area contributed by atoms with Crippen molar-refractivity contribution in [2.75, 3.05) is 19.8 Å². The number of hydrogen-bond acceptors (Lipinski definition) is 6. The molecule has 1 aromatic carbocycles. The van der Waals surface area contributed by atoms with Crippen LogP contribution in [0.25, 0.3) is 6.08 Å². The monoisotopic (exact) mass is 499 g/mol. The quantitative estimate of drug-likeness (QED) is 0.172. The molecule has 5 nitrogen and oxygen atoms in total. The molecule has 0 N–H and O–H groups in total. The van der Waals surface area contributed by atoms with E-state index in [1.54, 1.807) is 11.8 Å². The van der Waals surface area contributed by atoms with Crippen LogP contribution in [0.4, 0.5) is 0 Å². The molecular weight excluding hydrogens is 474 g/mol. The molecule has 29 heavy (non-hydrogen) atoms. The SMILES string of the molecule is CCCOc1ccc(Br)cc1/C=C1/SC(=S)N(CCCCCC(=O)OCC)C1=O. The zero-order valence-electron chi connectivity index (χ0n) is 16.7. The first-order chi connectivity index (χ1) is 14.0. The number of carbonyl (C=O) groups is 2. The van der Waals surface area contributed by atoms with Crippen molar-refractivity contribution in [1.29, 1.82) is 0 Å². The molecule has 0 aromatic heterocycles. The highest BCUT2D eigenvalue weighted by Crippen LogP contribution is 2.35. The van der Waals surface area contributed by atoms with E-state index in [1.165, 1.54) is 11.8 Å².